The monoisotopic (exact) mass is 574 g/mol. The molecule has 3 aliphatic rings. The van der Waals surface area contributed by atoms with Gasteiger partial charge in [0.1, 0.15) is 23.0 Å². The van der Waals surface area contributed by atoms with Crippen molar-refractivity contribution in [3.05, 3.63) is 113 Å². The van der Waals surface area contributed by atoms with E-state index >= 15 is 0 Å². The second kappa shape index (κ2) is 12.3. The molecule has 2 saturated heterocycles. The van der Waals surface area contributed by atoms with Crippen LogP contribution >= 0.6 is 0 Å². The number of fused-ring (bicyclic) bond motifs is 1. The molecule has 1 unspecified atom stereocenters. The zero-order chi connectivity index (χ0) is 28.2. The van der Waals surface area contributed by atoms with E-state index in [1.807, 2.05) is 12.1 Å². The van der Waals surface area contributed by atoms with Crippen LogP contribution in [-0.4, -0.2) is 49.9 Å². The Hall–Kier alpha value is -3.30. The second-order valence-corrected chi connectivity index (χ2v) is 12.4. The molecule has 41 heavy (non-hydrogen) atoms. The number of nitrogens with zero attached hydrogens (tertiary/aromatic N) is 2. The zero-order valence-corrected chi connectivity index (χ0v) is 23.9. The van der Waals surface area contributed by atoms with Gasteiger partial charge in [0.05, 0.1) is 31.7 Å². The molecule has 0 saturated carbocycles. The maximum atomic E-state index is 13.8. The minimum Gasteiger partial charge on any atom is -0.378 e. The summed E-state index contributed by atoms with van der Waals surface area (Å²) >= 11 is 1.17. The lowest BCUT2D eigenvalue weighted by atomic mass is 9.65. The number of thiol groups is 1. The van der Waals surface area contributed by atoms with Crippen molar-refractivity contribution >= 4 is 29.5 Å². The third-order valence-corrected chi connectivity index (χ3v) is 9.49. The summed E-state index contributed by atoms with van der Waals surface area (Å²) in [6.07, 6.45) is 6.15. The average molecular weight is 575 g/mol. The topological polar surface area (TPSA) is 56.2 Å². The Morgan fingerprint density at radius 3 is 2.27 bits per heavy atom. The summed E-state index contributed by atoms with van der Waals surface area (Å²) in [6.45, 7) is 5.18. The summed E-state index contributed by atoms with van der Waals surface area (Å²) in [4.78, 5) is 3.63. The van der Waals surface area contributed by atoms with Crippen LogP contribution in [0.25, 0.3) is 0 Å². The molecule has 1 aliphatic carbocycles. The highest BCUT2D eigenvalue weighted by molar-refractivity contribution is 7.76. The molecule has 0 radical (unpaired) electrons. The number of benzene rings is 3. The van der Waals surface area contributed by atoms with Gasteiger partial charge >= 0.3 is 0 Å². The summed E-state index contributed by atoms with van der Waals surface area (Å²) in [6, 6.07) is 22.2. The van der Waals surface area contributed by atoms with Gasteiger partial charge in [-0.05, 0) is 79.4 Å². The third-order valence-electron chi connectivity index (χ3n) is 8.34. The van der Waals surface area contributed by atoms with Gasteiger partial charge in [-0.3, -0.25) is 5.32 Å². The van der Waals surface area contributed by atoms with Gasteiger partial charge in [0.25, 0.3) is 0 Å². The largest absolute Gasteiger partial charge is 0.378 e. The van der Waals surface area contributed by atoms with Crippen molar-refractivity contribution in [1.29, 1.82) is 5.41 Å². The number of hydrogen-bond donors (Lipinski definition) is 2. The molecule has 6 rings (SSSR count). The van der Waals surface area contributed by atoms with Crippen molar-refractivity contribution in [2.24, 2.45) is 5.41 Å². The van der Waals surface area contributed by atoms with Gasteiger partial charge in [-0.15, -0.1) is 4.31 Å². The Labute approximate surface area is 244 Å². The predicted octanol–water partition coefficient (Wildman–Crippen LogP) is 4.95. The zero-order valence-electron chi connectivity index (χ0n) is 23.0. The Balaban J connectivity index is 1.24. The molecule has 3 N–H and O–H groups in total. The predicted molar refractivity (Wildman–Crippen MR) is 162 cm³/mol. The lowest BCUT2D eigenvalue weighted by molar-refractivity contribution is -0.513. The highest BCUT2D eigenvalue weighted by atomic mass is 32.2. The van der Waals surface area contributed by atoms with Crippen LogP contribution in [0.2, 0.25) is 0 Å². The van der Waals surface area contributed by atoms with Gasteiger partial charge in [0.2, 0.25) is 0 Å². The molecule has 3 aromatic rings. The number of piperidine rings is 1. The van der Waals surface area contributed by atoms with Crippen LogP contribution in [-0.2, 0) is 23.1 Å². The number of hydrogen-bond acceptors (Lipinski definition) is 4. The maximum absolute atomic E-state index is 13.8. The molecule has 5 nitrogen and oxygen atoms in total. The summed E-state index contributed by atoms with van der Waals surface area (Å²) in [5.41, 5.74) is 6.41. The number of nitrogens with one attached hydrogen (secondary N) is 1. The van der Waals surface area contributed by atoms with Crippen LogP contribution in [0.15, 0.2) is 101 Å². The van der Waals surface area contributed by atoms with Crippen molar-refractivity contribution in [3.8, 4) is 0 Å². The smallest absolute Gasteiger partial charge is 0.173 e. The van der Waals surface area contributed by atoms with Crippen molar-refractivity contribution in [2.45, 2.75) is 24.2 Å². The van der Waals surface area contributed by atoms with Gasteiger partial charge in [-0.1, -0.05) is 17.7 Å². The van der Waals surface area contributed by atoms with Crippen LogP contribution in [0.3, 0.4) is 0 Å². The summed E-state index contributed by atoms with van der Waals surface area (Å²) in [7, 11) is 0. The van der Waals surface area contributed by atoms with E-state index in [-0.39, 0.29) is 17.0 Å². The van der Waals surface area contributed by atoms with Gasteiger partial charge in [-0.2, -0.15) is 0 Å². The van der Waals surface area contributed by atoms with E-state index in [9.17, 15) is 8.78 Å². The van der Waals surface area contributed by atoms with E-state index in [0.717, 1.165) is 81.2 Å². The summed E-state index contributed by atoms with van der Waals surface area (Å²) in [5, 5.41) is 10.3. The Morgan fingerprint density at radius 2 is 1.59 bits per heavy atom. The highest BCUT2D eigenvalue weighted by Crippen LogP contribution is 2.46. The van der Waals surface area contributed by atoms with Crippen LogP contribution in [0.1, 0.15) is 18.4 Å². The SMILES string of the molecule is N=CC1=C([NH2+]c2ccc(F)cc2)C=C2CCN([SH+]c3ccc(N4CCOCC4)cc3)CC2(Cc2ccc(F)cc2)C1. The number of nitrogens with two attached hydrogens (primary N) is 1. The number of halogens is 2. The van der Waals surface area contributed by atoms with Gasteiger partial charge in [0, 0.05) is 54.7 Å². The minimum atomic E-state index is -0.258. The second-order valence-electron chi connectivity index (χ2n) is 11.1. The molecule has 0 bridgehead atoms. The van der Waals surface area contributed by atoms with E-state index in [2.05, 4.69) is 44.9 Å². The first-order chi connectivity index (χ1) is 20.0. The minimum absolute atomic E-state index is 0.191. The van der Waals surface area contributed by atoms with E-state index in [1.165, 1.54) is 58.6 Å². The molecular formula is C33H36F2N4OS+2. The lowest BCUT2D eigenvalue weighted by Crippen LogP contribution is -2.76. The molecule has 2 heterocycles. The molecule has 0 aromatic heterocycles. The first-order valence-corrected chi connectivity index (χ1v) is 15.0. The van der Waals surface area contributed by atoms with Crippen LogP contribution in [0.4, 0.5) is 20.2 Å². The summed E-state index contributed by atoms with van der Waals surface area (Å²) in [5.74, 6) is -0.489. The van der Waals surface area contributed by atoms with Gasteiger partial charge in [0.15, 0.2) is 4.90 Å². The number of rotatable bonds is 8. The van der Waals surface area contributed by atoms with Crippen LogP contribution in [0.5, 0.6) is 0 Å². The van der Waals surface area contributed by atoms with E-state index < -0.39 is 0 Å². The van der Waals surface area contributed by atoms with Crippen molar-refractivity contribution < 1.29 is 18.8 Å². The molecule has 0 amide bonds. The first-order valence-electron chi connectivity index (χ1n) is 14.2. The van der Waals surface area contributed by atoms with Crippen molar-refractivity contribution in [1.82, 2.24) is 4.31 Å². The van der Waals surface area contributed by atoms with E-state index in [1.54, 1.807) is 12.1 Å². The van der Waals surface area contributed by atoms with Crippen LogP contribution < -0.4 is 10.2 Å². The fourth-order valence-electron chi connectivity index (χ4n) is 6.22. The number of ether oxygens (including phenoxy) is 1. The maximum Gasteiger partial charge on any atom is 0.173 e. The Kier molecular flexibility index (Phi) is 8.35. The first kappa shape index (κ1) is 27.8. The molecule has 0 spiro atoms. The van der Waals surface area contributed by atoms with Crippen molar-refractivity contribution in [3.63, 3.8) is 0 Å². The standard InChI is InChI=1S/C33H34F2N4OS/c34-27-3-1-24(2-4-27)20-33-21-25(22-36)32(37-29-7-5-28(35)6-8-29)19-26(33)13-14-39(23-33)41-31-11-9-30(10-12-31)38-15-17-40-18-16-38/h1-12,19,22,36-37H,13-18,20-21,23H2/p+2. The van der Waals surface area contributed by atoms with Crippen molar-refractivity contribution in [2.75, 3.05) is 44.3 Å². The average Bonchev–Trinajstić information content (AvgIpc) is 3.00. The number of morpholine rings is 1. The van der Waals surface area contributed by atoms with Gasteiger partial charge in [-0.25, -0.2) is 8.78 Å². The third kappa shape index (κ3) is 6.46. The molecule has 212 valence electrons. The normalized spacial score (nSPS) is 21.4. The van der Waals surface area contributed by atoms with Crippen LogP contribution in [0, 0.1) is 22.5 Å². The highest BCUT2D eigenvalue weighted by Gasteiger charge is 2.45. The summed E-state index contributed by atoms with van der Waals surface area (Å²) < 4.78 is 35.3. The number of allylic oxidation sites excluding steroid dienone is 2. The number of anilines is 1. The van der Waals surface area contributed by atoms with E-state index in [4.69, 9.17) is 10.1 Å². The quantitative estimate of drug-likeness (QED) is 0.173. The molecular weight excluding hydrogens is 538 g/mol. The van der Waals surface area contributed by atoms with Gasteiger partial charge < -0.3 is 15.0 Å². The number of quaternary nitrogens is 1. The van der Waals surface area contributed by atoms with E-state index in [0.29, 0.717) is 0 Å². The fraction of sp³-hybridized carbons (Fsp3) is 0.303. The Bertz CT molecular complexity index is 1430. The molecule has 8 heteroatoms. The molecule has 2 aliphatic heterocycles. The molecule has 1 atom stereocenters. The lowest BCUT2D eigenvalue weighted by Gasteiger charge is -2.44. The molecule has 3 aromatic carbocycles. The fourth-order valence-corrected chi connectivity index (χ4v) is 7.37. The Morgan fingerprint density at radius 1 is 0.902 bits per heavy atom. The molecule has 2 fully saturated rings.